The van der Waals surface area contributed by atoms with E-state index in [1.54, 1.807) is 6.92 Å². The fourth-order valence-corrected chi connectivity index (χ4v) is 2.54. The molecule has 0 aliphatic rings. The summed E-state index contributed by atoms with van der Waals surface area (Å²) in [6, 6.07) is 7.30. The molecule has 0 saturated carbocycles. The summed E-state index contributed by atoms with van der Waals surface area (Å²) >= 11 is 0. The smallest absolute Gasteiger partial charge is 0.419 e. The molecular weight excluding hydrogens is 385 g/mol. The van der Waals surface area contributed by atoms with Gasteiger partial charge < -0.3 is 9.47 Å². The summed E-state index contributed by atoms with van der Waals surface area (Å²) in [6.07, 6.45) is -8.10. The van der Waals surface area contributed by atoms with E-state index in [0.717, 1.165) is 25.3 Å². The Labute approximate surface area is 158 Å². The highest BCUT2D eigenvalue weighted by molar-refractivity contribution is 5.85. The first-order valence-corrected chi connectivity index (χ1v) is 8.25. The fourth-order valence-electron chi connectivity index (χ4n) is 2.54. The number of hydrogen-bond donors (Lipinski definition) is 1. The molecule has 0 heterocycles. The first kappa shape index (κ1) is 21.5. The van der Waals surface area contributed by atoms with Crippen molar-refractivity contribution in [2.45, 2.75) is 32.6 Å². The minimum Gasteiger partial charge on any atom is -0.488 e. The molecule has 0 bridgehead atoms. The van der Waals surface area contributed by atoms with Gasteiger partial charge >= 0.3 is 12.3 Å². The number of aryl methyl sites for hydroxylation is 1. The zero-order valence-electron chi connectivity index (χ0n) is 15.1. The van der Waals surface area contributed by atoms with E-state index in [1.807, 2.05) is 0 Å². The number of carbonyl (C=O) groups excluding carboxylic acids is 1. The maximum atomic E-state index is 13.3. The third-order valence-electron chi connectivity index (χ3n) is 4.00. The lowest BCUT2D eigenvalue weighted by Crippen LogP contribution is -2.15. The molecule has 0 fully saturated rings. The molecule has 0 saturated heterocycles. The van der Waals surface area contributed by atoms with Crippen LogP contribution < -0.4 is 10.1 Å². The number of benzene rings is 2. The van der Waals surface area contributed by atoms with Crippen LogP contribution in [0.2, 0.25) is 0 Å². The third kappa shape index (κ3) is 5.11. The second-order valence-corrected chi connectivity index (χ2v) is 5.76. The van der Waals surface area contributed by atoms with Gasteiger partial charge in [0, 0.05) is 11.1 Å². The molecule has 0 radical (unpaired) electrons. The number of amides is 1. The minimum absolute atomic E-state index is 0.0385. The molecule has 1 amide bonds. The molecule has 28 heavy (non-hydrogen) atoms. The van der Waals surface area contributed by atoms with Gasteiger partial charge in [-0.15, -0.1) is 0 Å². The van der Waals surface area contributed by atoms with Crippen LogP contribution in [0.25, 0.3) is 0 Å². The molecule has 0 atom stereocenters. The van der Waals surface area contributed by atoms with Crippen molar-refractivity contribution in [3.05, 3.63) is 58.7 Å². The van der Waals surface area contributed by atoms with Crippen molar-refractivity contribution in [2.75, 3.05) is 12.4 Å². The van der Waals surface area contributed by atoms with Crippen molar-refractivity contribution >= 4 is 11.8 Å². The van der Waals surface area contributed by atoms with Gasteiger partial charge in [-0.25, -0.2) is 13.6 Å². The quantitative estimate of drug-likeness (QED) is 0.605. The van der Waals surface area contributed by atoms with Gasteiger partial charge in [0.25, 0.3) is 6.43 Å². The van der Waals surface area contributed by atoms with Gasteiger partial charge in [-0.1, -0.05) is 25.1 Å². The predicted molar refractivity (Wildman–Crippen MR) is 92.6 cm³/mol. The highest BCUT2D eigenvalue weighted by atomic mass is 19.4. The van der Waals surface area contributed by atoms with Crippen LogP contribution in [0.1, 0.15) is 35.6 Å². The second kappa shape index (κ2) is 8.90. The van der Waals surface area contributed by atoms with Crippen LogP contribution in [0.3, 0.4) is 0 Å². The summed E-state index contributed by atoms with van der Waals surface area (Å²) in [4.78, 5) is 11.4. The topological polar surface area (TPSA) is 47.6 Å². The van der Waals surface area contributed by atoms with Gasteiger partial charge in [0.15, 0.2) is 0 Å². The Hall–Kier alpha value is -2.84. The molecule has 2 aromatic carbocycles. The van der Waals surface area contributed by atoms with E-state index < -0.39 is 42.2 Å². The monoisotopic (exact) mass is 403 g/mol. The summed E-state index contributed by atoms with van der Waals surface area (Å²) in [5, 5.41) is 2.26. The van der Waals surface area contributed by atoms with Crippen LogP contribution in [-0.2, 0) is 23.9 Å². The molecule has 0 spiro atoms. The first-order chi connectivity index (χ1) is 13.2. The predicted octanol–water partition coefficient (Wildman–Crippen LogP) is 5.96. The van der Waals surface area contributed by atoms with Gasteiger partial charge in [0.1, 0.15) is 12.4 Å². The highest BCUT2D eigenvalue weighted by Gasteiger charge is 2.34. The van der Waals surface area contributed by atoms with Crippen molar-refractivity contribution in [2.24, 2.45) is 0 Å². The van der Waals surface area contributed by atoms with Gasteiger partial charge in [-0.2, -0.15) is 13.2 Å². The zero-order chi connectivity index (χ0) is 20.9. The van der Waals surface area contributed by atoms with Crippen molar-refractivity contribution in [1.29, 1.82) is 0 Å². The number of anilines is 1. The van der Waals surface area contributed by atoms with Crippen LogP contribution in [0.4, 0.5) is 32.4 Å². The first-order valence-electron chi connectivity index (χ1n) is 8.25. The Morgan fingerprint density at radius 1 is 1.18 bits per heavy atom. The molecule has 2 rings (SSSR count). The van der Waals surface area contributed by atoms with Crippen LogP contribution in [0.5, 0.6) is 5.75 Å². The number of rotatable bonds is 6. The Morgan fingerprint density at radius 3 is 2.46 bits per heavy atom. The van der Waals surface area contributed by atoms with Crippen molar-refractivity contribution in [3.63, 3.8) is 0 Å². The maximum Gasteiger partial charge on any atom is 0.419 e. The van der Waals surface area contributed by atoms with Gasteiger partial charge in [0.05, 0.1) is 18.4 Å². The Kier molecular flexibility index (Phi) is 6.82. The Balaban J connectivity index is 2.40. The van der Waals surface area contributed by atoms with E-state index in [4.69, 9.17) is 4.74 Å². The largest absolute Gasteiger partial charge is 0.488 e. The number of methoxy groups -OCH3 is 1. The normalized spacial score (nSPS) is 11.4. The number of nitrogens with one attached hydrogen (secondary N) is 1. The standard InChI is InChI=1S/C19H18F5NO3/c1-3-11-7-8-16(14(9-11)19(22,23)24)28-10-13-12(17(20)21)5-4-6-15(13)25-18(26)27-2/h4-9,17H,3,10H2,1-2H3,(H,25,26). The van der Waals surface area contributed by atoms with E-state index in [9.17, 15) is 26.7 Å². The van der Waals surface area contributed by atoms with Crippen LogP contribution in [0.15, 0.2) is 36.4 Å². The number of alkyl halides is 5. The molecule has 0 aliphatic heterocycles. The summed E-state index contributed by atoms with van der Waals surface area (Å²) in [7, 11) is 1.09. The summed E-state index contributed by atoms with van der Waals surface area (Å²) in [5.74, 6) is -0.488. The van der Waals surface area contributed by atoms with E-state index >= 15 is 0 Å². The van der Waals surface area contributed by atoms with Gasteiger partial charge in [0.2, 0.25) is 0 Å². The number of halogens is 5. The van der Waals surface area contributed by atoms with E-state index in [2.05, 4.69) is 10.1 Å². The van der Waals surface area contributed by atoms with Crippen LogP contribution in [0, 0.1) is 0 Å². The fraction of sp³-hybridized carbons (Fsp3) is 0.316. The molecule has 0 aromatic heterocycles. The van der Waals surface area contributed by atoms with Crippen molar-refractivity contribution in [1.82, 2.24) is 0 Å². The van der Waals surface area contributed by atoms with E-state index in [-0.39, 0.29) is 11.3 Å². The van der Waals surface area contributed by atoms with E-state index in [0.29, 0.717) is 12.0 Å². The second-order valence-electron chi connectivity index (χ2n) is 5.76. The maximum absolute atomic E-state index is 13.3. The number of carbonyl (C=O) groups is 1. The van der Waals surface area contributed by atoms with Crippen LogP contribution >= 0.6 is 0 Å². The molecule has 0 unspecified atom stereocenters. The molecule has 0 aliphatic carbocycles. The van der Waals surface area contributed by atoms with Gasteiger partial charge in [-0.05, 0) is 30.2 Å². The van der Waals surface area contributed by atoms with E-state index in [1.165, 1.54) is 18.2 Å². The summed E-state index contributed by atoms with van der Waals surface area (Å²) in [6.45, 7) is 1.11. The number of ether oxygens (including phenoxy) is 2. The molecule has 152 valence electrons. The van der Waals surface area contributed by atoms with Crippen molar-refractivity contribution < 1.29 is 36.2 Å². The third-order valence-corrected chi connectivity index (χ3v) is 4.00. The Morgan fingerprint density at radius 2 is 1.89 bits per heavy atom. The van der Waals surface area contributed by atoms with Crippen LogP contribution in [-0.4, -0.2) is 13.2 Å². The summed E-state index contributed by atoms with van der Waals surface area (Å²) in [5.41, 5.74) is -1.18. The average Bonchev–Trinajstić information content (AvgIpc) is 2.65. The lowest BCUT2D eigenvalue weighted by Gasteiger charge is -2.18. The number of hydrogen-bond acceptors (Lipinski definition) is 3. The zero-order valence-corrected chi connectivity index (χ0v) is 15.1. The molecule has 2 aromatic rings. The van der Waals surface area contributed by atoms with Gasteiger partial charge in [-0.3, -0.25) is 5.32 Å². The lowest BCUT2D eigenvalue weighted by molar-refractivity contribution is -0.139. The SMILES string of the molecule is CCc1ccc(OCc2c(NC(=O)OC)cccc2C(F)F)c(C(F)(F)F)c1. The molecule has 1 N–H and O–H groups in total. The molecular formula is C19H18F5NO3. The lowest BCUT2D eigenvalue weighted by atomic mass is 10.1. The average molecular weight is 403 g/mol. The summed E-state index contributed by atoms with van der Waals surface area (Å²) < 4.78 is 76.3. The van der Waals surface area contributed by atoms with Crippen molar-refractivity contribution in [3.8, 4) is 5.75 Å². The Bertz CT molecular complexity index is 837. The molecule has 4 nitrogen and oxygen atoms in total. The molecule has 9 heteroatoms. The highest BCUT2D eigenvalue weighted by Crippen LogP contribution is 2.38. The minimum atomic E-state index is -4.67.